The molecule has 0 radical (unpaired) electrons. The number of esters is 1. The number of nitrogens with one attached hydrogen (secondary N) is 2. The summed E-state index contributed by atoms with van der Waals surface area (Å²) in [5, 5.41) is 6.28. The normalized spacial score (nSPS) is 11.5. The van der Waals surface area contributed by atoms with Gasteiger partial charge in [0.05, 0.1) is 7.11 Å². The standard InChI is InChI=1S/C18H20N2O5/c1-4-19-18(23)20-16(21)11(2)25-17(22)14-9-12-7-5-6-8-13(12)10-15(14)24-3/h5-11H,4H2,1-3H3,(H2,19,20,21,23). The average molecular weight is 344 g/mol. The molecule has 132 valence electrons. The molecule has 0 aliphatic carbocycles. The fourth-order valence-corrected chi connectivity index (χ4v) is 2.24. The minimum absolute atomic E-state index is 0.207. The minimum atomic E-state index is -1.13. The second-order valence-electron chi connectivity index (χ2n) is 5.30. The van der Waals surface area contributed by atoms with Crippen LogP contribution in [-0.4, -0.2) is 37.7 Å². The smallest absolute Gasteiger partial charge is 0.342 e. The van der Waals surface area contributed by atoms with Crippen molar-refractivity contribution in [2.75, 3.05) is 13.7 Å². The van der Waals surface area contributed by atoms with E-state index >= 15 is 0 Å². The number of carbonyl (C=O) groups is 3. The minimum Gasteiger partial charge on any atom is -0.496 e. The number of benzene rings is 2. The first-order valence-corrected chi connectivity index (χ1v) is 7.82. The van der Waals surface area contributed by atoms with Crippen molar-refractivity contribution in [3.8, 4) is 5.75 Å². The van der Waals surface area contributed by atoms with Crippen molar-refractivity contribution >= 4 is 28.7 Å². The van der Waals surface area contributed by atoms with Crippen molar-refractivity contribution in [3.05, 3.63) is 42.0 Å². The van der Waals surface area contributed by atoms with Gasteiger partial charge in [-0.15, -0.1) is 0 Å². The zero-order valence-corrected chi connectivity index (χ0v) is 14.3. The van der Waals surface area contributed by atoms with Gasteiger partial charge in [-0.2, -0.15) is 0 Å². The second kappa shape index (κ2) is 8.14. The summed E-state index contributed by atoms with van der Waals surface area (Å²) in [7, 11) is 1.45. The number of ether oxygens (including phenoxy) is 2. The van der Waals surface area contributed by atoms with Crippen LogP contribution in [0, 0.1) is 0 Å². The van der Waals surface area contributed by atoms with Crippen LogP contribution in [0.25, 0.3) is 10.8 Å². The van der Waals surface area contributed by atoms with Gasteiger partial charge in [0, 0.05) is 6.54 Å². The van der Waals surface area contributed by atoms with Gasteiger partial charge in [0.1, 0.15) is 11.3 Å². The van der Waals surface area contributed by atoms with E-state index in [1.54, 1.807) is 19.1 Å². The molecule has 0 bridgehead atoms. The van der Waals surface area contributed by atoms with E-state index in [1.165, 1.54) is 14.0 Å². The quantitative estimate of drug-likeness (QED) is 0.811. The highest BCUT2D eigenvalue weighted by Crippen LogP contribution is 2.26. The highest BCUT2D eigenvalue weighted by Gasteiger charge is 2.23. The molecule has 0 aliphatic rings. The van der Waals surface area contributed by atoms with Gasteiger partial charge in [-0.05, 0) is 36.8 Å². The molecule has 0 fully saturated rings. The Hall–Kier alpha value is -3.09. The van der Waals surface area contributed by atoms with E-state index in [2.05, 4.69) is 10.6 Å². The van der Waals surface area contributed by atoms with Gasteiger partial charge >= 0.3 is 12.0 Å². The zero-order valence-electron chi connectivity index (χ0n) is 14.3. The molecule has 25 heavy (non-hydrogen) atoms. The number of urea groups is 1. The van der Waals surface area contributed by atoms with Crippen LogP contribution in [0.1, 0.15) is 24.2 Å². The van der Waals surface area contributed by atoms with Gasteiger partial charge in [0.25, 0.3) is 5.91 Å². The lowest BCUT2D eigenvalue weighted by atomic mass is 10.1. The summed E-state index contributed by atoms with van der Waals surface area (Å²) in [4.78, 5) is 35.7. The number of methoxy groups -OCH3 is 1. The monoisotopic (exact) mass is 344 g/mol. The molecule has 2 rings (SSSR count). The van der Waals surface area contributed by atoms with Crippen LogP contribution in [0.4, 0.5) is 4.79 Å². The maximum absolute atomic E-state index is 12.4. The van der Waals surface area contributed by atoms with Crippen molar-refractivity contribution in [3.63, 3.8) is 0 Å². The van der Waals surface area contributed by atoms with Crippen LogP contribution in [-0.2, 0) is 9.53 Å². The van der Waals surface area contributed by atoms with Crippen LogP contribution in [0.5, 0.6) is 5.75 Å². The topological polar surface area (TPSA) is 93.7 Å². The predicted octanol–water partition coefficient (Wildman–Crippen LogP) is 2.24. The van der Waals surface area contributed by atoms with Crippen molar-refractivity contribution in [2.45, 2.75) is 20.0 Å². The van der Waals surface area contributed by atoms with E-state index in [9.17, 15) is 14.4 Å². The Bertz CT molecular complexity index is 803. The van der Waals surface area contributed by atoms with E-state index in [0.29, 0.717) is 12.3 Å². The van der Waals surface area contributed by atoms with Crippen LogP contribution >= 0.6 is 0 Å². The molecule has 2 aromatic carbocycles. The number of rotatable bonds is 5. The third-order valence-corrected chi connectivity index (χ3v) is 3.51. The molecule has 0 spiro atoms. The first-order chi connectivity index (χ1) is 12.0. The average Bonchev–Trinajstić information content (AvgIpc) is 2.60. The Labute approximate surface area is 145 Å². The van der Waals surface area contributed by atoms with E-state index in [4.69, 9.17) is 9.47 Å². The Morgan fingerprint density at radius 1 is 1.12 bits per heavy atom. The molecule has 0 saturated heterocycles. The van der Waals surface area contributed by atoms with E-state index in [1.807, 2.05) is 24.3 Å². The summed E-state index contributed by atoms with van der Waals surface area (Å²) in [5.41, 5.74) is 0.207. The van der Waals surface area contributed by atoms with Crippen LogP contribution in [0.2, 0.25) is 0 Å². The van der Waals surface area contributed by atoms with Gasteiger partial charge in [-0.1, -0.05) is 24.3 Å². The van der Waals surface area contributed by atoms with Crippen molar-refractivity contribution < 1.29 is 23.9 Å². The van der Waals surface area contributed by atoms with Crippen molar-refractivity contribution in [1.82, 2.24) is 10.6 Å². The first kappa shape index (κ1) is 18.3. The summed E-state index contributed by atoms with van der Waals surface area (Å²) < 4.78 is 10.4. The fraction of sp³-hybridized carbons (Fsp3) is 0.278. The van der Waals surface area contributed by atoms with E-state index < -0.39 is 24.0 Å². The Balaban J connectivity index is 2.15. The molecule has 7 nitrogen and oxygen atoms in total. The van der Waals surface area contributed by atoms with E-state index in [-0.39, 0.29) is 5.56 Å². The summed E-state index contributed by atoms with van der Waals surface area (Å²) in [6.07, 6.45) is -1.13. The lowest BCUT2D eigenvalue weighted by molar-refractivity contribution is -0.127. The third-order valence-electron chi connectivity index (χ3n) is 3.51. The molecular weight excluding hydrogens is 324 g/mol. The van der Waals surface area contributed by atoms with E-state index in [0.717, 1.165) is 10.8 Å². The Morgan fingerprint density at radius 3 is 2.36 bits per heavy atom. The maximum Gasteiger partial charge on any atom is 0.342 e. The fourth-order valence-electron chi connectivity index (χ4n) is 2.24. The molecule has 0 aliphatic heterocycles. The maximum atomic E-state index is 12.4. The molecule has 1 atom stereocenters. The van der Waals surface area contributed by atoms with Crippen LogP contribution in [0.15, 0.2) is 36.4 Å². The molecule has 3 amide bonds. The molecular formula is C18H20N2O5. The van der Waals surface area contributed by atoms with Gasteiger partial charge in [0.2, 0.25) is 0 Å². The predicted molar refractivity (Wildman–Crippen MR) is 92.6 cm³/mol. The van der Waals surface area contributed by atoms with Gasteiger partial charge < -0.3 is 14.8 Å². The number of carbonyl (C=O) groups excluding carboxylic acids is 3. The Kier molecular flexibility index (Phi) is 5.94. The second-order valence-corrected chi connectivity index (χ2v) is 5.30. The van der Waals surface area contributed by atoms with Gasteiger partial charge in [-0.25, -0.2) is 9.59 Å². The number of imide groups is 1. The lowest BCUT2D eigenvalue weighted by Crippen LogP contribution is -2.44. The summed E-state index contributed by atoms with van der Waals surface area (Å²) in [6.45, 7) is 3.49. The summed E-state index contributed by atoms with van der Waals surface area (Å²) in [6, 6.07) is 10.2. The number of fused-ring (bicyclic) bond motifs is 1. The van der Waals surface area contributed by atoms with Gasteiger partial charge in [-0.3, -0.25) is 10.1 Å². The molecule has 0 heterocycles. The number of amides is 3. The molecule has 0 aromatic heterocycles. The van der Waals surface area contributed by atoms with Crippen molar-refractivity contribution in [2.24, 2.45) is 0 Å². The largest absolute Gasteiger partial charge is 0.496 e. The first-order valence-electron chi connectivity index (χ1n) is 7.82. The van der Waals surface area contributed by atoms with Crippen LogP contribution in [0.3, 0.4) is 0 Å². The molecule has 2 aromatic rings. The molecule has 0 saturated carbocycles. The highest BCUT2D eigenvalue weighted by molar-refractivity contribution is 6.01. The Morgan fingerprint density at radius 2 is 1.76 bits per heavy atom. The summed E-state index contributed by atoms with van der Waals surface area (Å²) >= 11 is 0. The molecule has 1 unspecified atom stereocenters. The van der Waals surface area contributed by atoms with Gasteiger partial charge in [0.15, 0.2) is 6.10 Å². The lowest BCUT2D eigenvalue weighted by Gasteiger charge is -2.15. The number of hydrogen-bond acceptors (Lipinski definition) is 5. The van der Waals surface area contributed by atoms with Crippen molar-refractivity contribution in [1.29, 1.82) is 0 Å². The molecule has 7 heteroatoms. The highest BCUT2D eigenvalue weighted by atomic mass is 16.5. The SMILES string of the molecule is CCNC(=O)NC(=O)C(C)OC(=O)c1cc2ccccc2cc1OC. The zero-order chi connectivity index (χ0) is 18.4. The summed E-state index contributed by atoms with van der Waals surface area (Å²) in [5.74, 6) is -1.07. The molecule has 2 N–H and O–H groups in total. The van der Waals surface area contributed by atoms with Crippen LogP contribution < -0.4 is 15.4 Å². The third kappa shape index (κ3) is 4.47. The number of hydrogen-bond donors (Lipinski definition) is 2.